The summed E-state index contributed by atoms with van der Waals surface area (Å²) in [7, 11) is 0. The Balaban J connectivity index is 1.11. The summed E-state index contributed by atoms with van der Waals surface area (Å²) in [5, 5.41) is 24.4. The van der Waals surface area contributed by atoms with Crippen molar-refractivity contribution in [3.8, 4) is 0 Å². The van der Waals surface area contributed by atoms with E-state index in [0.717, 1.165) is 23.7 Å². The summed E-state index contributed by atoms with van der Waals surface area (Å²) < 4.78 is 4.71. The Morgan fingerprint density at radius 1 is 1.00 bits per heavy atom. The molecular weight excluding hydrogens is 572 g/mol. The first kappa shape index (κ1) is 29.5. The first-order valence-corrected chi connectivity index (χ1v) is 14.6. The van der Waals surface area contributed by atoms with E-state index in [-0.39, 0.29) is 33.8 Å². The van der Waals surface area contributed by atoms with Crippen LogP contribution in [0.25, 0.3) is 17.1 Å². The highest BCUT2D eigenvalue weighted by molar-refractivity contribution is 8.18. The van der Waals surface area contributed by atoms with Crippen molar-refractivity contribution < 1.29 is 23.9 Å². The molecule has 4 aromatic rings. The zero-order valence-electron chi connectivity index (χ0n) is 23.2. The number of fused-ring (bicyclic) bond motifs is 1. The number of nitrogens with one attached hydrogen (secondary N) is 2. The molecule has 0 bridgehead atoms. The topological polar surface area (TPSA) is 161 Å². The van der Waals surface area contributed by atoms with E-state index in [0.29, 0.717) is 54.2 Å². The molecule has 0 atom stereocenters. The number of anilines is 2. The zero-order chi connectivity index (χ0) is 30.3. The SMILES string of the molecule is CCc1ccc(/C=C2\SC(=O)N(CCCCCNC(=O)c3ccccc3Nc3ccc([N+](=O)[O-])c4nonc34)C2=O)cc1. The molecular formula is C30H28N6O6S. The molecule has 0 saturated carbocycles. The second-order valence-electron chi connectivity index (χ2n) is 9.77. The van der Waals surface area contributed by atoms with Crippen LogP contribution in [0.15, 0.2) is 70.2 Å². The molecule has 0 radical (unpaired) electrons. The molecule has 0 spiro atoms. The predicted molar refractivity (Wildman–Crippen MR) is 163 cm³/mol. The van der Waals surface area contributed by atoms with Gasteiger partial charge >= 0.3 is 5.69 Å². The van der Waals surface area contributed by atoms with Crippen LogP contribution in [-0.4, -0.2) is 50.3 Å². The number of rotatable bonds is 12. The number of aromatic nitrogens is 2. The van der Waals surface area contributed by atoms with Gasteiger partial charge in [-0.3, -0.25) is 29.4 Å². The fraction of sp³-hybridized carbons (Fsp3) is 0.233. The van der Waals surface area contributed by atoms with Crippen LogP contribution in [0.4, 0.5) is 21.9 Å². The Hall–Kier alpha value is -5.04. The first-order valence-electron chi connectivity index (χ1n) is 13.7. The van der Waals surface area contributed by atoms with Crippen LogP contribution in [0.3, 0.4) is 0 Å². The number of thioether (sulfide) groups is 1. The minimum Gasteiger partial charge on any atom is -0.353 e. The number of carbonyl (C=O) groups excluding carboxylic acids is 3. The molecule has 5 rings (SSSR count). The smallest absolute Gasteiger partial charge is 0.300 e. The lowest BCUT2D eigenvalue weighted by Crippen LogP contribution is -2.29. The molecule has 1 saturated heterocycles. The maximum absolute atomic E-state index is 13.0. The molecule has 0 aliphatic carbocycles. The van der Waals surface area contributed by atoms with Crippen molar-refractivity contribution in [1.82, 2.24) is 20.5 Å². The number of unbranched alkanes of at least 4 members (excludes halogenated alkanes) is 2. The van der Waals surface area contributed by atoms with Crippen molar-refractivity contribution in [1.29, 1.82) is 0 Å². The normalized spacial score (nSPS) is 14.1. The van der Waals surface area contributed by atoms with E-state index in [1.165, 1.54) is 22.6 Å². The van der Waals surface area contributed by atoms with Crippen molar-refractivity contribution in [3.05, 3.63) is 92.4 Å². The standard InChI is InChI=1S/C30H28N6O6S/c1-2-19-10-12-20(13-11-19)18-25-29(38)35(30(39)43-25)17-7-3-6-16-31-28(37)21-8-4-5-9-22(21)32-23-14-15-24(36(40)41)27-26(23)33-42-34-27/h4-5,8-15,18,32H,2-3,6-7,16-17H2,1H3,(H,31,37)/b25-18-. The van der Waals surface area contributed by atoms with Crippen LogP contribution >= 0.6 is 11.8 Å². The summed E-state index contributed by atoms with van der Waals surface area (Å²) in [5.74, 6) is -0.582. The number of aryl methyl sites for hydroxylation is 1. The Morgan fingerprint density at radius 3 is 2.53 bits per heavy atom. The average Bonchev–Trinajstić information content (AvgIpc) is 3.60. The lowest BCUT2D eigenvalue weighted by atomic mass is 10.1. The van der Waals surface area contributed by atoms with Crippen LogP contribution in [0.5, 0.6) is 0 Å². The van der Waals surface area contributed by atoms with Gasteiger partial charge in [-0.2, -0.15) is 0 Å². The van der Waals surface area contributed by atoms with Gasteiger partial charge in [-0.25, -0.2) is 4.63 Å². The second-order valence-corrected chi connectivity index (χ2v) is 10.8. The fourth-order valence-corrected chi connectivity index (χ4v) is 5.46. The number of para-hydroxylation sites is 1. The third-order valence-electron chi connectivity index (χ3n) is 6.94. The monoisotopic (exact) mass is 600 g/mol. The van der Waals surface area contributed by atoms with Crippen molar-refractivity contribution >= 4 is 63.0 Å². The van der Waals surface area contributed by atoms with Gasteiger partial charge in [-0.15, -0.1) is 0 Å². The number of amides is 3. The van der Waals surface area contributed by atoms with Gasteiger partial charge in [0, 0.05) is 19.2 Å². The largest absolute Gasteiger partial charge is 0.353 e. The van der Waals surface area contributed by atoms with Crippen molar-refractivity contribution in [2.24, 2.45) is 0 Å². The van der Waals surface area contributed by atoms with Crippen LogP contribution in [0.1, 0.15) is 47.7 Å². The number of nitro groups is 1. The highest BCUT2D eigenvalue weighted by atomic mass is 32.2. The van der Waals surface area contributed by atoms with Crippen LogP contribution < -0.4 is 10.6 Å². The summed E-state index contributed by atoms with van der Waals surface area (Å²) in [5.41, 5.74) is 3.28. The summed E-state index contributed by atoms with van der Waals surface area (Å²) in [4.78, 5) is 50.6. The molecule has 1 aromatic heterocycles. The van der Waals surface area contributed by atoms with E-state index in [2.05, 4.69) is 27.9 Å². The lowest BCUT2D eigenvalue weighted by molar-refractivity contribution is -0.383. The minimum absolute atomic E-state index is 0.00167. The first-order chi connectivity index (χ1) is 20.9. The van der Waals surface area contributed by atoms with E-state index in [4.69, 9.17) is 4.63 Å². The molecule has 3 aromatic carbocycles. The quantitative estimate of drug-likeness (QED) is 0.0845. The maximum Gasteiger partial charge on any atom is 0.300 e. The van der Waals surface area contributed by atoms with Crippen LogP contribution in [-0.2, 0) is 11.2 Å². The van der Waals surface area contributed by atoms with E-state index in [1.807, 2.05) is 24.3 Å². The van der Waals surface area contributed by atoms with Gasteiger partial charge in [-0.05, 0) is 83.2 Å². The third kappa shape index (κ3) is 6.72. The number of carbonyl (C=O) groups is 3. The number of nitrogens with zero attached hydrogens (tertiary/aromatic N) is 4. The van der Waals surface area contributed by atoms with Gasteiger partial charge in [0.25, 0.3) is 17.1 Å². The van der Waals surface area contributed by atoms with E-state index in [1.54, 1.807) is 30.3 Å². The molecule has 12 nitrogen and oxygen atoms in total. The van der Waals surface area contributed by atoms with E-state index >= 15 is 0 Å². The number of hydrogen-bond donors (Lipinski definition) is 2. The Morgan fingerprint density at radius 2 is 1.77 bits per heavy atom. The van der Waals surface area contributed by atoms with E-state index < -0.39 is 4.92 Å². The highest BCUT2D eigenvalue weighted by Gasteiger charge is 2.34. The third-order valence-corrected chi connectivity index (χ3v) is 7.84. The predicted octanol–water partition coefficient (Wildman–Crippen LogP) is 6.07. The molecule has 1 fully saturated rings. The van der Waals surface area contributed by atoms with Crippen molar-refractivity contribution in [2.75, 3.05) is 18.4 Å². The zero-order valence-corrected chi connectivity index (χ0v) is 24.1. The van der Waals surface area contributed by atoms with Gasteiger partial charge in [0.1, 0.15) is 0 Å². The van der Waals surface area contributed by atoms with Gasteiger partial charge in [0.15, 0.2) is 5.52 Å². The molecule has 1 aliphatic heterocycles. The summed E-state index contributed by atoms with van der Waals surface area (Å²) in [6, 6.07) is 17.5. The molecule has 2 heterocycles. The average molecular weight is 601 g/mol. The Labute approximate surface area is 250 Å². The van der Waals surface area contributed by atoms with Gasteiger partial charge in [-0.1, -0.05) is 43.3 Å². The number of imide groups is 1. The number of benzene rings is 3. The Kier molecular flexibility index (Phi) is 9.11. The molecule has 0 unspecified atom stereocenters. The number of nitro benzene ring substituents is 1. The molecule has 220 valence electrons. The fourth-order valence-electron chi connectivity index (χ4n) is 4.60. The lowest BCUT2D eigenvalue weighted by Gasteiger charge is -2.13. The van der Waals surface area contributed by atoms with Crippen LogP contribution in [0, 0.1) is 10.1 Å². The number of non-ortho nitro benzene ring substituents is 1. The minimum atomic E-state index is -0.570. The van der Waals surface area contributed by atoms with E-state index in [9.17, 15) is 24.5 Å². The van der Waals surface area contributed by atoms with Gasteiger partial charge < -0.3 is 10.6 Å². The number of hydrogen-bond acceptors (Lipinski definition) is 10. The molecule has 3 amide bonds. The molecule has 43 heavy (non-hydrogen) atoms. The summed E-state index contributed by atoms with van der Waals surface area (Å²) in [6.07, 6.45) is 4.66. The summed E-state index contributed by atoms with van der Waals surface area (Å²) >= 11 is 0.954. The van der Waals surface area contributed by atoms with Gasteiger partial charge in [0.2, 0.25) is 5.52 Å². The maximum atomic E-state index is 13.0. The van der Waals surface area contributed by atoms with Crippen molar-refractivity contribution in [2.45, 2.75) is 32.6 Å². The molecule has 13 heteroatoms. The summed E-state index contributed by atoms with van der Waals surface area (Å²) in [6.45, 7) is 2.79. The van der Waals surface area contributed by atoms with Crippen LogP contribution in [0.2, 0.25) is 0 Å². The molecule has 1 aliphatic rings. The van der Waals surface area contributed by atoms with Crippen molar-refractivity contribution in [3.63, 3.8) is 0 Å². The molecule has 2 N–H and O–H groups in total. The Bertz CT molecular complexity index is 1720. The highest BCUT2D eigenvalue weighted by Crippen LogP contribution is 2.33. The second kappa shape index (κ2) is 13.3. The van der Waals surface area contributed by atoms with Gasteiger partial charge in [0.05, 0.1) is 26.8 Å².